The van der Waals surface area contributed by atoms with E-state index in [1.54, 1.807) is 12.1 Å². The maximum atomic E-state index is 12.6. The highest BCUT2D eigenvalue weighted by Crippen LogP contribution is 2.25. The molecule has 0 aliphatic heterocycles. The highest BCUT2D eigenvalue weighted by molar-refractivity contribution is 7.88. The van der Waals surface area contributed by atoms with E-state index in [1.165, 1.54) is 12.4 Å². The summed E-state index contributed by atoms with van der Waals surface area (Å²) in [7, 11) is -3.56. The molecule has 10 heteroatoms. The number of sulfonamides is 1. The Morgan fingerprint density at radius 3 is 2.72 bits per heavy atom. The first-order chi connectivity index (χ1) is 14.0. The fourth-order valence-corrected chi connectivity index (χ4v) is 4.86. The molecule has 1 aliphatic carbocycles. The van der Waals surface area contributed by atoms with Crippen LogP contribution in [0.2, 0.25) is 0 Å². The third-order valence-corrected chi connectivity index (χ3v) is 6.19. The minimum Gasteiger partial charge on any atom is -0.472 e. The van der Waals surface area contributed by atoms with Crippen LogP contribution in [-0.4, -0.2) is 35.7 Å². The van der Waals surface area contributed by atoms with E-state index in [0.29, 0.717) is 42.3 Å². The third kappa shape index (κ3) is 4.52. The summed E-state index contributed by atoms with van der Waals surface area (Å²) in [6, 6.07) is 8.96. The van der Waals surface area contributed by atoms with Crippen molar-refractivity contribution >= 4 is 21.0 Å². The molecule has 1 N–H and O–H groups in total. The van der Waals surface area contributed by atoms with Crippen LogP contribution in [0.3, 0.4) is 0 Å². The Bertz CT molecular complexity index is 1150. The van der Waals surface area contributed by atoms with Crippen LogP contribution in [0.5, 0.6) is 5.88 Å². The lowest BCUT2D eigenvalue weighted by Gasteiger charge is -2.29. The number of hydrogen-bond acceptors (Lipinski definition) is 8. The van der Waals surface area contributed by atoms with Crippen LogP contribution >= 0.6 is 0 Å². The fourth-order valence-electron chi connectivity index (χ4n) is 3.46. The molecule has 3 aromatic rings. The highest BCUT2D eigenvalue weighted by Gasteiger charge is 2.27. The van der Waals surface area contributed by atoms with E-state index in [-0.39, 0.29) is 29.5 Å². The van der Waals surface area contributed by atoms with Crippen LogP contribution in [0.4, 0.5) is 0 Å². The Kier molecular flexibility index (Phi) is 5.42. The molecule has 1 aliphatic rings. The molecule has 1 aromatic carbocycles. The topological polar surface area (TPSA) is 131 Å². The maximum absolute atomic E-state index is 12.6. The number of nitriles is 1. The molecule has 0 radical (unpaired) electrons. The second-order valence-electron chi connectivity index (χ2n) is 6.92. The van der Waals surface area contributed by atoms with Crippen molar-refractivity contribution in [1.29, 1.82) is 5.26 Å². The van der Waals surface area contributed by atoms with Gasteiger partial charge in [0.2, 0.25) is 15.7 Å². The van der Waals surface area contributed by atoms with Gasteiger partial charge in [-0.2, -0.15) is 5.26 Å². The molecule has 4 rings (SSSR count). The van der Waals surface area contributed by atoms with Gasteiger partial charge in [-0.15, -0.1) is 0 Å². The molecule has 0 bridgehead atoms. The zero-order valence-corrected chi connectivity index (χ0v) is 16.3. The summed E-state index contributed by atoms with van der Waals surface area (Å²) < 4.78 is 38.9. The number of nitrogens with zero attached hydrogens (tertiary/aromatic N) is 4. The van der Waals surface area contributed by atoms with E-state index in [9.17, 15) is 8.42 Å². The fraction of sp³-hybridized carbons (Fsp3) is 0.368. The van der Waals surface area contributed by atoms with Crippen LogP contribution < -0.4 is 9.46 Å². The Hall–Kier alpha value is -3.03. The van der Waals surface area contributed by atoms with Gasteiger partial charge in [0.05, 0.1) is 0 Å². The Morgan fingerprint density at radius 2 is 1.93 bits per heavy atom. The predicted octanol–water partition coefficient (Wildman–Crippen LogP) is 2.30. The molecule has 0 saturated heterocycles. The van der Waals surface area contributed by atoms with Gasteiger partial charge in [0.15, 0.2) is 5.58 Å². The quantitative estimate of drug-likeness (QED) is 0.651. The second kappa shape index (κ2) is 8.14. The first-order valence-electron chi connectivity index (χ1n) is 9.25. The Balaban J connectivity index is 1.33. The summed E-state index contributed by atoms with van der Waals surface area (Å²) in [5.74, 6) is -0.0112. The van der Waals surface area contributed by atoms with Gasteiger partial charge in [0.1, 0.15) is 23.6 Å². The van der Waals surface area contributed by atoms with E-state index in [4.69, 9.17) is 14.5 Å². The minimum atomic E-state index is -3.56. The molecule has 1 fully saturated rings. The van der Waals surface area contributed by atoms with Crippen LogP contribution in [-0.2, 0) is 15.8 Å². The van der Waals surface area contributed by atoms with Gasteiger partial charge in [-0.05, 0) is 37.8 Å². The molecule has 9 nitrogen and oxygen atoms in total. The maximum Gasteiger partial charge on any atom is 0.251 e. The number of rotatable bonds is 6. The minimum absolute atomic E-state index is 0.126. The van der Waals surface area contributed by atoms with Crippen LogP contribution in [0.15, 0.2) is 41.2 Å². The number of benzene rings is 1. The lowest BCUT2D eigenvalue weighted by molar-refractivity contribution is 0.137. The number of fused-ring (bicyclic) bond motifs is 1. The van der Waals surface area contributed by atoms with Crippen molar-refractivity contribution in [3.05, 3.63) is 48.0 Å². The molecular weight excluding hydrogens is 394 g/mol. The van der Waals surface area contributed by atoms with Crippen molar-refractivity contribution in [3.63, 3.8) is 0 Å². The number of hydrogen-bond donors (Lipinski definition) is 1. The SMILES string of the molecule is N#Cc1nccnc1OC1CCC(NS(=O)(=O)Cc2noc3ccccc23)CC1. The molecule has 150 valence electrons. The van der Waals surface area contributed by atoms with Gasteiger partial charge in [0.25, 0.3) is 5.88 Å². The molecule has 2 heterocycles. The molecule has 0 atom stereocenters. The van der Waals surface area contributed by atoms with Gasteiger partial charge < -0.3 is 9.26 Å². The number of para-hydroxylation sites is 1. The molecular formula is C19H19N5O4S. The van der Waals surface area contributed by atoms with Crippen LogP contribution in [0.25, 0.3) is 11.0 Å². The first kappa shape index (κ1) is 19.3. The van der Waals surface area contributed by atoms with Crippen molar-refractivity contribution in [3.8, 4) is 11.9 Å². The van der Waals surface area contributed by atoms with Crippen molar-refractivity contribution in [1.82, 2.24) is 19.8 Å². The van der Waals surface area contributed by atoms with E-state index in [0.717, 1.165) is 0 Å². The molecule has 1 saturated carbocycles. The molecule has 29 heavy (non-hydrogen) atoms. The molecule has 0 unspecified atom stereocenters. The van der Waals surface area contributed by atoms with Crippen LogP contribution in [0, 0.1) is 11.3 Å². The van der Waals surface area contributed by atoms with E-state index in [2.05, 4.69) is 19.8 Å². The largest absolute Gasteiger partial charge is 0.472 e. The zero-order chi connectivity index (χ0) is 20.3. The molecule has 0 spiro atoms. The standard InChI is InChI=1S/C19H19N5O4S/c20-11-16-19(22-10-9-21-16)27-14-7-5-13(6-8-14)24-29(25,26)12-17-15-3-1-2-4-18(15)28-23-17/h1-4,9-10,13-14,24H,5-8,12H2. The van der Waals surface area contributed by atoms with Gasteiger partial charge in [-0.3, -0.25) is 0 Å². The average Bonchev–Trinajstić information content (AvgIpc) is 3.12. The summed E-state index contributed by atoms with van der Waals surface area (Å²) in [6.07, 6.45) is 5.36. The van der Waals surface area contributed by atoms with Gasteiger partial charge in [0, 0.05) is 23.8 Å². The zero-order valence-electron chi connectivity index (χ0n) is 15.5. The number of ether oxygens (including phenoxy) is 1. The lowest BCUT2D eigenvalue weighted by Crippen LogP contribution is -2.40. The van der Waals surface area contributed by atoms with Crippen molar-refractivity contribution in [2.45, 2.75) is 43.6 Å². The number of nitrogens with one attached hydrogen (secondary N) is 1. The van der Waals surface area contributed by atoms with Crippen LogP contribution in [0.1, 0.15) is 37.1 Å². The van der Waals surface area contributed by atoms with Gasteiger partial charge in [-0.25, -0.2) is 23.1 Å². The van der Waals surface area contributed by atoms with Gasteiger partial charge >= 0.3 is 0 Å². The summed E-state index contributed by atoms with van der Waals surface area (Å²) >= 11 is 0. The normalized spacial score (nSPS) is 19.7. The average molecular weight is 413 g/mol. The van der Waals surface area contributed by atoms with E-state index >= 15 is 0 Å². The number of aromatic nitrogens is 3. The Morgan fingerprint density at radius 1 is 1.17 bits per heavy atom. The monoisotopic (exact) mass is 413 g/mol. The predicted molar refractivity (Wildman–Crippen MR) is 103 cm³/mol. The van der Waals surface area contributed by atoms with E-state index in [1.807, 2.05) is 18.2 Å². The lowest BCUT2D eigenvalue weighted by atomic mass is 9.94. The van der Waals surface area contributed by atoms with Crippen molar-refractivity contribution in [2.24, 2.45) is 0 Å². The second-order valence-corrected chi connectivity index (χ2v) is 8.67. The first-order valence-corrected chi connectivity index (χ1v) is 10.9. The highest BCUT2D eigenvalue weighted by atomic mass is 32.2. The summed E-state index contributed by atoms with van der Waals surface area (Å²) in [5, 5.41) is 13.7. The Labute approximate surface area is 167 Å². The third-order valence-electron chi connectivity index (χ3n) is 4.85. The summed E-state index contributed by atoms with van der Waals surface area (Å²) in [5.41, 5.74) is 1.11. The van der Waals surface area contributed by atoms with E-state index < -0.39 is 10.0 Å². The summed E-state index contributed by atoms with van der Waals surface area (Å²) in [6.45, 7) is 0. The molecule has 2 aromatic heterocycles. The smallest absolute Gasteiger partial charge is 0.251 e. The van der Waals surface area contributed by atoms with Gasteiger partial charge in [-0.1, -0.05) is 17.3 Å². The summed E-state index contributed by atoms with van der Waals surface area (Å²) in [4.78, 5) is 7.98. The van der Waals surface area contributed by atoms with Crippen molar-refractivity contribution < 1.29 is 17.7 Å². The van der Waals surface area contributed by atoms with Crippen molar-refractivity contribution in [2.75, 3.05) is 0 Å². The molecule has 0 amide bonds.